The molecular formula is C12H17BClNO2. The molecule has 2 rings (SSSR count). The summed E-state index contributed by atoms with van der Waals surface area (Å²) in [6.45, 7) is 10.0. The number of rotatable bonds is 1. The molecule has 5 heteroatoms. The maximum absolute atomic E-state index is 5.95. The molecule has 0 atom stereocenters. The summed E-state index contributed by atoms with van der Waals surface area (Å²) >= 11 is 5.95. The van der Waals surface area contributed by atoms with Crippen LogP contribution in [0.3, 0.4) is 0 Å². The third-order valence-electron chi connectivity index (χ3n) is 3.45. The van der Waals surface area contributed by atoms with Crippen molar-refractivity contribution in [3.63, 3.8) is 0 Å². The summed E-state index contributed by atoms with van der Waals surface area (Å²) in [5.41, 5.74) is 1.08. The van der Waals surface area contributed by atoms with E-state index < -0.39 is 7.12 Å². The Bertz CT molecular complexity index is 412. The van der Waals surface area contributed by atoms with E-state index in [-0.39, 0.29) is 11.2 Å². The van der Waals surface area contributed by atoms with Crippen molar-refractivity contribution in [1.82, 2.24) is 4.98 Å². The molecule has 1 aromatic rings. The van der Waals surface area contributed by atoms with Crippen molar-refractivity contribution < 1.29 is 9.31 Å². The molecule has 0 radical (unpaired) electrons. The lowest BCUT2D eigenvalue weighted by atomic mass is 9.83. The van der Waals surface area contributed by atoms with Gasteiger partial charge in [-0.05, 0) is 52.3 Å². The maximum Gasteiger partial charge on any atom is 0.514 e. The first kappa shape index (κ1) is 12.9. The van der Waals surface area contributed by atoms with Crippen LogP contribution < -0.4 is 5.59 Å². The van der Waals surface area contributed by atoms with Gasteiger partial charge in [-0.25, -0.2) is 4.98 Å². The maximum atomic E-state index is 5.95. The predicted molar refractivity (Wildman–Crippen MR) is 69.7 cm³/mol. The normalized spacial score (nSPS) is 21.9. The number of hydrogen-bond acceptors (Lipinski definition) is 3. The molecule has 0 bridgehead atoms. The van der Waals surface area contributed by atoms with Crippen molar-refractivity contribution in [3.05, 3.63) is 22.8 Å². The van der Waals surface area contributed by atoms with Gasteiger partial charge in [0.2, 0.25) is 0 Å². The van der Waals surface area contributed by atoms with Gasteiger partial charge < -0.3 is 9.31 Å². The minimum atomic E-state index is -0.447. The molecule has 0 spiro atoms. The average Bonchev–Trinajstić information content (AvgIpc) is 2.34. The van der Waals surface area contributed by atoms with E-state index in [0.717, 1.165) is 11.2 Å². The van der Waals surface area contributed by atoms with Crippen LogP contribution in [-0.4, -0.2) is 23.3 Å². The highest BCUT2D eigenvalue weighted by atomic mass is 35.5. The Morgan fingerprint density at radius 2 is 1.65 bits per heavy atom. The first-order valence-electron chi connectivity index (χ1n) is 5.71. The van der Waals surface area contributed by atoms with Crippen molar-refractivity contribution in [1.29, 1.82) is 0 Å². The second kappa shape index (κ2) is 3.97. The molecule has 2 heterocycles. The zero-order chi connectivity index (χ0) is 12.8. The summed E-state index contributed by atoms with van der Waals surface area (Å²) in [6, 6.07) is 3.75. The van der Waals surface area contributed by atoms with E-state index >= 15 is 0 Å². The van der Waals surface area contributed by atoms with Crippen LogP contribution in [0, 0.1) is 6.92 Å². The highest BCUT2D eigenvalue weighted by Gasteiger charge is 2.52. The smallest absolute Gasteiger partial charge is 0.398 e. The zero-order valence-electron chi connectivity index (χ0n) is 10.9. The van der Waals surface area contributed by atoms with Gasteiger partial charge in [0.05, 0.1) is 16.8 Å². The molecule has 1 fully saturated rings. The van der Waals surface area contributed by atoms with Gasteiger partial charge in [-0.2, -0.15) is 0 Å². The molecule has 1 aliphatic heterocycles. The fraction of sp³-hybridized carbons (Fsp3) is 0.583. The molecule has 0 aliphatic carbocycles. The van der Waals surface area contributed by atoms with E-state index in [1.165, 1.54) is 0 Å². The van der Waals surface area contributed by atoms with Crippen LogP contribution in [0.4, 0.5) is 0 Å². The van der Waals surface area contributed by atoms with Gasteiger partial charge in [0.25, 0.3) is 0 Å². The molecule has 0 N–H and O–H groups in total. The van der Waals surface area contributed by atoms with Crippen molar-refractivity contribution in [2.24, 2.45) is 0 Å². The third kappa shape index (κ3) is 2.35. The number of aryl methyl sites for hydroxylation is 1. The summed E-state index contributed by atoms with van der Waals surface area (Å²) in [6.07, 6.45) is 0. The standard InChI is InChI=1S/C12H17BClNO2/c1-8-6-9(15-10(14)7-8)13-16-11(2,3)12(4,5)17-13/h6-7H,1-5H3. The second-order valence-corrected chi connectivity index (χ2v) is 5.87. The van der Waals surface area contributed by atoms with Gasteiger partial charge in [0, 0.05) is 0 Å². The Labute approximate surface area is 108 Å². The molecule has 0 amide bonds. The van der Waals surface area contributed by atoms with Crippen LogP contribution in [0.5, 0.6) is 0 Å². The summed E-state index contributed by atoms with van der Waals surface area (Å²) in [5, 5.41) is 0.467. The second-order valence-electron chi connectivity index (χ2n) is 5.48. The lowest BCUT2D eigenvalue weighted by Gasteiger charge is -2.32. The molecule has 1 aliphatic rings. The Morgan fingerprint density at radius 1 is 1.12 bits per heavy atom. The largest absolute Gasteiger partial charge is 0.514 e. The zero-order valence-corrected chi connectivity index (χ0v) is 11.6. The minimum Gasteiger partial charge on any atom is -0.398 e. The van der Waals surface area contributed by atoms with Crippen LogP contribution in [0.25, 0.3) is 0 Å². The lowest BCUT2D eigenvalue weighted by molar-refractivity contribution is 0.00578. The molecule has 0 aromatic carbocycles. The van der Waals surface area contributed by atoms with E-state index in [1.807, 2.05) is 46.8 Å². The summed E-state index contributed by atoms with van der Waals surface area (Å²) in [4.78, 5) is 4.26. The average molecular weight is 254 g/mol. The minimum absolute atomic E-state index is 0.352. The van der Waals surface area contributed by atoms with Crippen LogP contribution in [0.1, 0.15) is 33.3 Å². The number of halogens is 1. The van der Waals surface area contributed by atoms with Crippen molar-refractivity contribution in [2.75, 3.05) is 0 Å². The first-order valence-corrected chi connectivity index (χ1v) is 6.09. The molecule has 92 valence electrons. The number of pyridine rings is 1. The first-order chi connectivity index (χ1) is 7.71. The molecule has 1 aromatic heterocycles. The quantitative estimate of drug-likeness (QED) is 0.569. The Hall–Kier alpha value is -0.575. The predicted octanol–water partition coefficient (Wildman–Crippen LogP) is 2.34. The van der Waals surface area contributed by atoms with Crippen LogP contribution in [0.2, 0.25) is 5.15 Å². The van der Waals surface area contributed by atoms with Crippen LogP contribution in [0.15, 0.2) is 12.1 Å². The van der Waals surface area contributed by atoms with E-state index in [0.29, 0.717) is 5.15 Å². The topological polar surface area (TPSA) is 31.4 Å². The SMILES string of the molecule is Cc1cc(Cl)nc(B2OC(C)(C)C(C)(C)O2)c1. The number of nitrogens with zero attached hydrogens (tertiary/aromatic N) is 1. The fourth-order valence-corrected chi connectivity index (χ4v) is 2.00. The monoisotopic (exact) mass is 253 g/mol. The molecule has 1 saturated heterocycles. The number of aromatic nitrogens is 1. The van der Waals surface area contributed by atoms with Gasteiger partial charge in [-0.3, -0.25) is 0 Å². The fourth-order valence-electron chi connectivity index (χ4n) is 1.74. The van der Waals surface area contributed by atoms with E-state index in [2.05, 4.69) is 4.98 Å². The lowest BCUT2D eigenvalue weighted by Crippen LogP contribution is -2.41. The van der Waals surface area contributed by atoms with Gasteiger partial charge in [-0.15, -0.1) is 0 Å². The van der Waals surface area contributed by atoms with Crippen molar-refractivity contribution in [2.45, 2.75) is 45.8 Å². The Kier molecular flexibility index (Phi) is 3.01. The van der Waals surface area contributed by atoms with Gasteiger partial charge in [0.1, 0.15) is 5.15 Å². The summed E-state index contributed by atoms with van der Waals surface area (Å²) < 4.78 is 11.8. The van der Waals surface area contributed by atoms with Gasteiger partial charge in [-0.1, -0.05) is 11.6 Å². The van der Waals surface area contributed by atoms with Crippen LogP contribution in [-0.2, 0) is 9.31 Å². The summed E-state index contributed by atoms with van der Waals surface area (Å²) in [7, 11) is -0.447. The van der Waals surface area contributed by atoms with Crippen molar-refractivity contribution >= 4 is 24.3 Å². The van der Waals surface area contributed by atoms with E-state index in [1.54, 1.807) is 0 Å². The number of hydrogen-bond donors (Lipinski definition) is 0. The van der Waals surface area contributed by atoms with Crippen molar-refractivity contribution in [3.8, 4) is 0 Å². The van der Waals surface area contributed by atoms with Gasteiger partial charge >= 0.3 is 7.12 Å². The Morgan fingerprint density at radius 3 is 2.12 bits per heavy atom. The summed E-state index contributed by atoms with van der Waals surface area (Å²) in [5.74, 6) is 0. The van der Waals surface area contributed by atoms with Crippen LogP contribution >= 0.6 is 11.6 Å². The molecule has 0 saturated carbocycles. The third-order valence-corrected chi connectivity index (χ3v) is 3.65. The molecular weight excluding hydrogens is 236 g/mol. The highest BCUT2D eigenvalue weighted by Crippen LogP contribution is 2.36. The highest BCUT2D eigenvalue weighted by molar-refractivity contribution is 6.61. The van der Waals surface area contributed by atoms with E-state index in [4.69, 9.17) is 20.9 Å². The van der Waals surface area contributed by atoms with Gasteiger partial charge in [0.15, 0.2) is 0 Å². The van der Waals surface area contributed by atoms with E-state index in [9.17, 15) is 0 Å². The molecule has 3 nitrogen and oxygen atoms in total. The Balaban J connectivity index is 2.32. The molecule has 0 unspecified atom stereocenters. The molecule has 17 heavy (non-hydrogen) atoms.